The Hall–Kier alpha value is -1.92. The van der Waals surface area contributed by atoms with Crippen molar-refractivity contribution in [1.82, 2.24) is 5.06 Å². The predicted octanol–water partition coefficient (Wildman–Crippen LogP) is 9.62. The van der Waals surface area contributed by atoms with Crippen molar-refractivity contribution < 1.29 is 24.3 Å². The van der Waals surface area contributed by atoms with E-state index in [-0.39, 0.29) is 30.1 Å². The molecule has 0 saturated carbocycles. The van der Waals surface area contributed by atoms with Crippen molar-refractivity contribution in [3.8, 4) is 0 Å². The highest BCUT2D eigenvalue weighted by Gasteiger charge is 2.60. The minimum absolute atomic E-state index is 0.138. The van der Waals surface area contributed by atoms with Gasteiger partial charge in [-0.1, -0.05) is 99.6 Å². The van der Waals surface area contributed by atoms with E-state index in [0.29, 0.717) is 25.7 Å². The van der Waals surface area contributed by atoms with Gasteiger partial charge in [0.05, 0.1) is 10.8 Å². The molecular formula is C38H65NO5. The zero-order valence-electron chi connectivity index (χ0n) is 31.0. The third-order valence-electron chi connectivity index (χ3n) is 11.4. The molecule has 6 nitrogen and oxygen atoms in total. The van der Waals surface area contributed by atoms with E-state index in [4.69, 9.17) is 9.47 Å². The Morgan fingerprint density at radius 1 is 0.773 bits per heavy atom. The Morgan fingerprint density at radius 3 is 1.68 bits per heavy atom. The molecule has 252 valence electrons. The molecule has 1 heterocycles. The fraction of sp³-hybridized carbons (Fsp3) is 0.789. The number of carbonyl (C=O) groups is 2. The van der Waals surface area contributed by atoms with Gasteiger partial charge in [-0.3, -0.25) is 9.59 Å². The van der Waals surface area contributed by atoms with Gasteiger partial charge in [-0.05, 0) is 81.6 Å². The fourth-order valence-electron chi connectivity index (χ4n) is 7.53. The maximum Gasteiger partial charge on any atom is 0.312 e. The summed E-state index contributed by atoms with van der Waals surface area (Å²) < 4.78 is 12.5. The Bertz CT molecular complexity index is 1140. The van der Waals surface area contributed by atoms with Crippen LogP contribution in [0.3, 0.4) is 0 Å². The van der Waals surface area contributed by atoms with Crippen molar-refractivity contribution in [2.45, 2.75) is 160 Å². The topological polar surface area (TPSA) is 76.1 Å². The molecule has 1 fully saturated rings. The predicted molar refractivity (Wildman–Crippen MR) is 179 cm³/mol. The van der Waals surface area contributed by atoms with Crippen LogP contribution in [0.1, 0.15) is 142 Å². The van der Waals surface area contributed by atoms with E-state index in [1.165, 1.54) is 5.06 Å². The van der Waals surface area contributed by atoms with Crippen LogP contribution in [0.5, 0.6) is 0 Å². The molecule has 2 unspecified atom stereocenters. The minimum atomic E-state index is -0.852. The van der Waals surface area contributed by atoms with Crippen LogP contribution < -0.4 is 0 Å². The molecule has 1 aromatic carbocycles. The van der Waals surface area contributed by atoms with Crippen molar-refractivity contribution in [2.75, 3.05) is 0 Å². The van der Waals surface area contributed by atoms with Crippen LogP contribution in [0.4, 0.5) is 0 Å². The van der Waals surface area contributed by atoms with E-state index in [1.54, 1.807) is 0 Å². The summed E-state index contributed by atoms with van der Waals surface area (Å²) in [5.41, 5.74) is -3.40. The zero-order chi connectivity index (χ0) is 34.4. The summed E-state index contributed by atoms with van der Waals surface area (Å²) in [4.78, 5) is 28.5. The molecule has 0 amide bonds. The molecule has 0 aromatic heterocycles. The number of carbonyl (C=O) groups excluding carboxylic acids is 2. The van der Waals surface area contributed by atoms with Gasteiger partial charge in [0.2, 0.25) is 0 Å². The molecule has 6 heteroatoms. The van der Waals surface area contributed by atoms with E-state index in [0.717, 1.165) is 5.56 Å². The van der Waals surface area contributed by atoms with Gasteiger partial charge in [0.25, 0.3) is 0 Å². The van der Waals surface area contributed by atoms with Crippen molar-refractivity contribution in [2.24, 2.45) is 32.5 Å². The Labute approximate surface area is 269 Å². The summed E-state index contributed by atoms with van der Waals surface area (Å²) in [7, 11) is 0. The summed E-state index contributed by atoms with van der Waals surface area (Å²) in [5.74, 6) is -0.435. The number of ether oxygens (including phenoxy) is 2. The maximum atomic E-state index is 14.4. The molecule has 0 spiro atoms. The third-order valence-corrected chi connectivity index (χ3v) is 11.4. The number of esters is 2. The van der Waals surface area contributed by atoms with E-state index in [9.17, 15) is 14.8 Å². The molecular weight excluding hydrogens is 550 g/mol. The van der Waals surface area contributed by atoms with Crippen LogP contribution >= 0.6 is 0 Å². The quantitative estimate of drug-likeness (QED) is 0.264. The zero-order valence-corrected chi connectivity index (χ0v) is 31.0. The number of nitrogens with zero attached hydrogens (tertiary/aromatic N) is 1. The van der Waals surface area contributed by atoms with Gasteiger partial charge in [0, 0.05) is 23.9 Å². The molecule has 1 aliphatic heterocycles. The van der Waals surface area contributed by atoms with E-state index in [2.05, 4.69) is 69.2 Å². The number of rotatable bonds is 10. The maximum absolute atomic E-state index is 14.4. The number of benzene rings is 1. The van der Waals surface area contributed by atoms with E-state index >= 15 is 0 Å². The van der Waals surface area contributed by atoms with Crippen LogP contribution in [0.25, 0.3) is 0 Å². The lowest BCUT2D eigenvalue weighted by Crippen LogP contribution is -2.61. The molecule has 0 radical (unpaired) electrons. The van der Waals surface area contributed by atoms with Crippen molar-refractivity contribution in [3.05, 3.63) is 35.9 Å². The molecule has 1 N–H and O–H groups in total. The third kappa shape index (κ3) is 7.89. The van der Waals surface area contributed by atoms with Crippen molar-refractivity contribution in [3.63, 3.8) is 0 Å². The highest BCUT2D eigenvalue weighted by Crippen LogP contribution is 2.61. The summed E-state index contributed by atoms with van der Waals surface area (Å²) in [6, 6.07) is 9.79. The summed E-state index contributed by atoms with van der Waals surface area (Å²) >= 11 is 0. The van der Waals surface area contributed by atoms with Gasteiger partial charge >= 0.3 is 11.9 Å². The lowest BCUT2D eigenvalue weighted by Gasteiger charge is -2.57. The standard InChI is InChI=1S/C38H65NO5/c1-31(2,3)25-38(16,29(40)43-24-27-20-18-17-19-21-27)36(13,14)33(7,8)26-37(15,32(4,5)6)30(41)44-28-22-34(9,10)39(42)35(11,12)23-28/h17-21,28,42H,22-26H2,1-16H3. The first-order valence-corrected chi connectivity index (χ1v) is 16.4. The molecule has 0 bridgehead atoms. The summed E-state index contributed by atoms with van der Waals surface area (Å²) in [6.45, 7) is 33.7. The van der Waals surface area contributed by atoms with E-state index in [1.807, 2.05) is 71.9 Å². The highest BCUT2D eigenvalue weighted by molar-refractivity contribution is 5.79. The first-order valence-electron chi connectivity index (χ1n) is 16.4. The van der Waals surface area contributed by atoms with Crippen LogP contribution in [0, 0.1) is 32.5 Å². The normalized spacial score (nSPS) is 21.2. The second kappa shape index (κ2) is 12.4. The van der Waals surface area contributed by atoms with Crippen LogP contribution in [-0.4, -0.2) is 39.4 Å². The Balaban J connectivity index is 2.47. The SMILES string of the molecule is CC(C)(C)CC(C)(C(=O)OCc1ccccc1)C(C)(C)C(C)(C)CC(C)(C(=O)OC1CC(C)(C)N(O)C(C)(C)C1)C(C)(C)C. The van der Waals surface area contributed by atoms with E-state index < -0.39 is 38.2 Å². The Kier molecular flexibility index (Phi) is 10.7. The van der Waals surface area contributed by atoms with Crippen LogP contribution in [-0.2, 0) is 25.7 Å². The average Bonchev–Trinajstić information content (AvgIpc) is 2.83. The summed E-state index contributed by atoms with van der Waals surface area (Å²) in [6.07, 6.45) is 1.93. The smallest absolute Gasteiger partial charge is 0.312 e. The number of piperidine rings is 1. The lowest BCUT2D eigenvalue weighted by atomic mass is 9.47. The van der Waals surface area contributed by atoms with Gasteiger partial charge < -0.3 is 14.7 Å². The van der Waals surface area contributed by atoms with Gasteiger partial charge in [0.1, 0.15) is 12.7 Å². The molecule has 0 aliphatic carbocycles. The van der Waals surface area contributed by atoms with Gasteiger partial charge in [-0.15, -0.1) is 0 Å². The average molecular weight is 616 g/mol. The molecule has 2 rings (SSSR count). The number of hydroxylamine groups is 2. The lowest BCUT2D eigenvalue weighted by molar-refractivity contribution is -0.261. The number of hydrogen-bond donors (Lipinski definition) is 1. The second-order valence-corrected chi connectivity index (χ2v) is 18.8. The first kappa shape index (κ1) is 38.3. The van der Waals surface area contributed by atoms with Crippen molar-refractivity contribution >= 4 is 11.9 Å². The molecule has 2 atom stereocenters. The molecule has 1 aromatic rings. The monoisotopic (exact) mass is 615 g/mol. The van der Waals surface area contributed by atoms with Crippen LogP contribution in [0.2, 0.25) is 0 Å². The Morgan fingerprint density at radius 2 is 1.25 bits per heavy atom. The molecule has 1 aliphatic rings. The highest BCUT2D eigenvalue weighted by atomic mass is 16.6. The van der Waals surface area contributed by atoms with Gasteiger partial charge in [0.15, 0.2) is 0 Å². The molecule has 44 heavy (non-hydrogen) atoms. The van der Waals surface area contributed by atoms with Gasteiger partial charge in [-0.2, -0.15) is 5.06 Å². The largest absolute Gasteiger partial charge is 0.462 e. The first-order chi connectivity index (χ1) is 19.5. The minimum Gasteiger partial charge on any atom is -0.462 e. The number of hydrogen-bond acceptors (Lipinski definition) is 6. The van der Waals surface area contributed by atoms with Crippen molar-refractivity contribution in [1.29, 1.82) is 0 Å². The van der Waals surface area contributed by atoms with Gasteiger partial charge in [-0.25, -0.2) is 0 Å². The summed E-state index contributed by atoms with van der Waals surface area (Å²) in [5, 5.41) is 12.2. The molecule has 1 saturated heterocycles. The second-order valence-electron chi connectivity index (χ2n) is 18.8. The van der Waals surface area contributed by atoms with Crippen LogP contribution in [0.15, 0.2) is 30.3 Å². The fourth-order valence-corrected chi connectivity index (χ4v) is 7.53.